The highest BCUT2D eigenvalue weighted by Gasteiger charge is 2.08. The van der Waals surface area contributed by atoms with Crippen molar-refractivity contribution in [3.05, 3.63) is 102 Å². The number of ether oxygens (including phenoxy) is 1. The van der Waals surface area contributed by atoms with Gasteiger partial charge in [0.1, 0.15) is 5.75 Å². The molecule has 0 atom stereocenters. The molecule has 0 saturated heterocycles. The van der Waals surface area contributed by atoms with Crippen LogP contribution in [0.5, 0.6) is 5.75 Å². The first kappa shape index (κ1) is 46.8. The molecule has 0 aromatic heterocycles. The highest BCUT2D eigenvalue weighted by molar-refractivity contribution is 5.35. The highest BCUT2D eigenvalue weighted by atomic mass is 16.5. The molecular formula is C35H64O. The lowest BCUT2D eigenvalue weighted by atomic mass is 10.2. The van der Waals surface area contributed by atoms with E-state index in [4.69, 9.17) is 4.74 Å². The topological polar surface area (TPSA) is 9.23 Å². The molecule has 36 heavy (non-hydrogen) atoms. The van der Waals surface area contributed by atoms with Gasteiger partial charge in [0, 0.05) is 6.42 Å². The maximum Gasteiger partial charge on any atom is 0.122 e. The molecule has 1 aliphatic heterocycles. The third-order valence-corrected chi connectivity index (χ3v) is 3.21. The van der Waals surface area contributed by atoms with E-state index in [1.54, 1.807) is 0 Å². The Kier molecular flexibility index (Phi) is 69.7. The molecule has 210 valence electrons. The van der Waals surface area contributed by atoms with Gasteiger partial charge in [0.25, 0.3) is 0 Å². The van der Waals surface area contributed by atoms with Gasteiger partial charge in [-0.3, -0.25) is 0 Å². The molecule has 0 unspecified atom stereocenters. The van der Waals surface area contributed by atoms with Gasteiger partial charge in [0.2, 0.25) is 0 Å². The molecule has 0 N–H and O–H groups in total. The van der Waals surface area contributed by atoms with E-state index >= 15 is 0 Å². The molecule has 0 spiro atoms. The largest absolute Gasteiger partial charge is 0.493 e. The summed E-state index contributed by atoms with van der Waals surface area (Å²) in [5, 5.41) is 0. The van der Waals surface area contributed by atoms with Gasteiger partial charge in [-0.15, -0.1) is 0 Å². The summed E-state index contributed by atoms with van der Waals surface area (Å²) in [5.41, 5.74) is 2.67. The number of aryl methyl sites for hydroxylation is 1. The summed E-state index contributed by atoms with van der Waals surface area (Å²) < 4.78 is 5.30. The Hall–Kier alpha value is -2.54. The lowest BCUT2D eigenvalue weighted by Crippen LogP contribution is -1.85. The molecule has 0 bridgehead atoms. The quantitative estimate of drug-likeness (QED) is 0.298. The average Bonchev–Trinajstić information content (AvgIpc) is 3.51. The van der Waals surface area contributed by atoms with Crippen LogP contribution in [0.2, 0.25) is 0 Å². The second kappa shape index (κ2) is 53.7. The number of hydrogen-bond donors (Lipinski definition) is 0. The molecule has 0 aliphatic carbocycles. The highest BCUT2D eigenvalue weighted by Crippen LogP contribution is 2.23. The summed E-state index contributed by atoms with van der Waals surface area (Å²) in [7, 11) is 0. The molecule has 1 aliphatic rings. The van der Waals surface area contributed by atoms with Crippen molar-refractivity contribution in [2.75, 3.05) is 6.61 Å². The van der Waals surface area contributed by atoms with Crippen molar-refractivity contribution in [3.63, 3.8) is 0 Å². The van der Waals surface area contributed by atoms with Crippen LogP contribution < -0.4 is 4.74 Å². The first-order valence-corrected chi connectivity index (χ1v) is 14.6. The van der Waals surface area contributed by atoms with E-state index in [-0.39, 0.29) is 0 Å². The van der Waals surface area contributed by atoms with Crippen molar-refractivity contribution in [1.29, 1.82) is 0 Å². The standard InChI is InChI=1S/C8H8O.C7H8.C6H6.7C2H6/c1-2-4-8-7(3-1)5-6-9-8;1-7-5-3-2-4-6-7;1-2-4-6-5-3-1;7*1-2/h1-4H,5-6H2;2-6H,1H3;1-6H;7*1-2H3. The Balaban J connectivity index is -0.0000000763. The van der Waals surface area contributed by atoms with Crippen molar-refractivity contribution in [1.82, 2.24) is 0 Å². The van der Waals surface area contributed by atoms with E-state index in [2.05, 4.69) is 25.1 Å². The summed E-state index contributed by atoms with van der Waals surface area (Å²) in [4.78, 5) is 0. The Morgan fingerprint density at radius 1 is 0.417 bits per heavy atom. The normalized spacial score (nSPS) is 7.86. The third-order valence-electron chi connectivity index (χ3n) is 3.21. The van der Waals surface area contributed by atoms with Crippen LogP contribution in [0.3, 0.4) is 0 Å². The number of benzene rings is 3. The van der Waals surface area contributed by atoms with E-state index in [1.165, 1.54) is 11.1 Å². The fraction of sp³-hybridized carbons (Fsp3) is 0.486. The Morgan fingerprint density at radius 3 is 1.03 bits per heavy atom. The van der Waals surface area contributed by atoms with Crippen LogP contribution in [0.25, 0.3) is 0 Å². The number of rotatable bonds is 0. The van der Waals surface area contributed by atoms with E-state index < -0.39 is 0 Å². The van der Waals surface area contributed by atoms with Gasteiger partial charge in [-0.2, -0.15) is 0 Å². The summed E-state index contributed by atoms with van der Waals surface area (Å²) >= 11 is 0. The number of fused-ring (bicyclic) bond motifs is 1. The Morgan fingerprint density at radius 2 is 0.722 bits per heavy atom. The summed E-state index contributed by atoms with van der Waals surface area (Å²) in [6.45, 7) is 30.9. The monoisotopic (exact) mass is 500 g/mol. The van der Waals surface area contributed by atoms with Gasteiger partial charge in [-0.25, -0.2) is 0 Å². The minimum absolute atomic E-state index is 0.860. The molecule has 0 fully saturated rings. The van der Waals surface area contributed by atoms with E-state index in [0.717, 1.165) is 18.8 Å². The van der Waals surface area contributed by atoms with Gasteiger partial charge >= 0.3 is 0 Å². The lowest BCUT2D eigenvalue weighted by Gasteiger charge is -1.93. The van der Waals surface area contributed by atoms with Gasteiger partial charge in [-0.1, -0.05) is 187 Å². The van der Waals surface area contributed by atoms with Crippen LogP contribution in [-0.4, -0.2) is 6.61 Å². The predicted octanol–water partition coefficient (Wildman–Crippen LogP) is 12.5. The minimum atomic E-state index is 0.860. The first-order chi connectivity index (χ1) is 17.9. The number of para-hydroxylation sites is 1. The smallest absolute Gasteiger partial charge is 0.122 e. The van der Waals surface area contributed by atoms with Crippen LogP contribution in [0, 0.1) is 6.92 Å². The first-order valence-electron chi connectivity index (χ1n) is 14.6. The van der Waals surface area contributed by atoms with Crippen molar-refractivity contribution >= 4 is 0 Å². The molecule has 0 saturated carbocycles. The zero-order valence-electron chi connectivity index (χ0n) is 27.0. The fourth-order valence-electron chi connectivity index (χ4n) is 2.04. The second-order valence-corrected chi connectivity index (χ2v) is 5.02. The zero-order chi connectivity index (χ0) is 29.5. The molecule has 3 aromatic carbocycles. The maximum atomic E-state index is 5.30. The molecule has 1 heterocycles. The molecule has 0 amide bonds. The lowest BCUT2D eigenvalue weighted by molar-refractivity contribution is 0.357. The summed E-state index contributed by atoms with van der Waals surface area (Å²) in [5.74, 6) is 1.07. The Labute approximate surface area is 229 Å². The van der Waals surface area contributed by atoms with Crippen molar-refractivity contribution < 1.29 is 4.74 Å². The van der Waals surface area contributed by atoms with Crippen LogP contribution >= 0.6 is 0 Å². The van der Waals surface area contributed by atoms with Crippen molar-refractivity contribution in [2.45, 2.75) is 110 Å². The third kappa shape index (κ3) is 36.0. The Bertz CT molecular complexity index is 583. The molecule has 1 nitrogen and oxygen atoms in total. The van der Waals surface area contributed by atoms with Crippen LogP contribution in [-0.2, 0) is 6.42 Å². The minimum Gasteiger partial charge on any atom is -0.493 e. The van der Waals surface area contributed by atoms with Gasteiger partial charge in [0.05, 0.1) is 6.61 Å². The fourth-order valence-corrected chi connectivity index (χ4v) is 2.04. The van der Waals surface area contributed by atoms with Gasteiger partial charge in [-0.05, 0) is 18.6 Å². The second-order valence-electron chi connectivity index (χ2n) is 5.02. The molecule has 0 radical (unpaired) electrons. The average molecular weight is 501 g/mol. The van der Waals surface area contributed by atoms with Crippen molar-refractivity contribution in [3.8, 4) is 5.75 Å². The van der Waals surface area contributed by atoms with Crippen molar-refractivity contribution in [2.24, 2.45) is 0 Å². The predicted molar refractivity (Wildman–Crippen MR) is 173 cm³/mol. The molecule has 3 aromatic rings. The van der Waals surface area contributed by atoms with Crippen LogP contribution in [0.4, 0.5) is 0 Å². The van der Waals surface area contributed by atoms with Gasteiger partial charge in [0.15, 0.2) is 0 Å². The summed E-state index contributed by atoms with van der Waals surface area (Å²) in [6, 6.07) is 30.4. The van der Waals surface area contributed by atoms with Gasteiger partial charge < -0.3 is 4.74 Å². The number of hydrogen-bond acceptors (Lipinski definition) is 1. The molecule has 1 heteroatoms. The van der Waals surface area contributed by atoms with E-state index in [0.29, 0.717) is 0 Å². The molecular weight excluding hydrogens is 436 g/mol. The van der Waals surface area contributed by atoms with E-state index in [9.17, 15) is 0 Å². The zero-order valence-corrected chi connectivity index (χ0v) is 27.0. The van der Waals surface area contributed by atoms with Crippen LogP contribution in [0.15, 0.2) is 91.0 Å². The van der Waals surface area contributed by atoms with E-state index in [1.807, 2.05) is 170 Å². The SMILES string of the molecule is CC.CC.CC.CC.CC.CC.CC.Cc1ccccc1.c1ccc2c(c1)CCO2.c1ccccc1. The van der Waals surface area contributed by atoms with Crippen LogP contribution in [0.1, 0.15) is 108 Å². The maximum absolute atomic E-state index is 5.30. The summed E-state index contributed by atoms with van der Waals surface area (Å²) in [6.07, 6.45) is 1.08. The molecule has 4 rings (SSSR count).